The third-order valence-corrected chi connectivity index (χ3v) is 3.45. The van der Waals surface area contributed by atoms with Gasteiger partial charge in [-0.05, 0) is 51.6 Å². The van der Waals surface area contributed by atoms with E-state index in [1.807, 2.05) is 0 Å². The zero-order chi connectivity index (χ0) is 11.4. The minimum Gasteiger partial charge on any atom is -0.368 e. The molecule has 2 rings (SSSR count). The molecule has 1 saturated heterocycles. The smallest absolute Gasteiger partial charge is 0.246 e. The van der Waals surface area contributed by atoms with Crippen LogP contribution in [0.5, 0.6) is 0 Å². The molecule has 0 radical (unpaired) electrons. The highest BCUT2D eigenvalue weighted by Gasteiger charge is 2.28. The van der Waals surface area contributed by atoms with E-state index in [1.54, 1.807) is 0 Å². The van der Waals surface area contributed by atoms with Crippen LogP contribution in [0.25, 0.3) is 0 Å². The summed E-state index contributed by atoms with van der Waals surface area (Å²) in [6.45, 7) is 4.32. The Morgan fingerprint density at radius 3 is 2.69 bits per heavy atom. The number of carbonyl (C=O) groups is 1. The van der Waals surface area contributed by atoms with Crippen LogP contribution in [0.15, 0.2) is 0 Å². The summed E-state index contributed by atoms with van der Waals surface area (Å²) < 4.78 is 5.59. The predicted molar refractivity (Wildman–Crippen MR) is 62.2 cm³/mol. The molecule has 0 aromatic heterocycles. The van der Waals surface area contributed by atoms with Crippen LogP contribution in [-0.4, -0.2) is 37.7 Å². The van der Waals surface area contributed by atoms with Gasteiger partial charge in [-0.1, -0.05) is 0 Å². The van der Waals surface area contributed by atoms with E-state index in [4.69, 9.17) is 4.74 Å². The number of piperidine rings is 1. The second-order valence-electron chi connectivity index (χ2n) is 4.95. The Morgan fingerprint density at radius 1 is 1.38 bits per heavy atom. The van der Waals surface area contributed by atoms with E-state index < -0.39 is 0 Å². The van der Waals surface area contributed by atoms with Gasteiger partial charge in [0.15, 0.2) is 0 Å². The highest BCUT2D eigenvalue weighted by Crippen LogP contribution is 2.32. The van der Waals surface area contributed by atoms with Crippen LogP contribution >= 0.6 is 0 Å². The largest absolute Gasteiger partial charge is 0.368 e. The number of hydrogen-bond donors (Lipinski definition) is 2. The van der Waals surface area contributed by atoms with Gasteiger partial charge in [-0.25, -0.2) is 0 Å². The van der Waals surface area contributed by atoms with E-state index in [2.05, 4.69) is 17.6 Å². The molecule has 1 heterocycles. The van der Waals surface area contributed by atoms with Crippen LogP contribution in [0.4, 0.5) is 0 Å². The van der Waals surface area contributed by atoms with Crippen molar-refractivity contribution in [2.45, 2.75) is 44.8 Å². The van der Waals surface area contributed by atoms with Crippen molar-refractivity contribution in [3.8, 4) is 0 Å². The van der Waals surface area contributed by atoms with Crippen LogP contribution in [-0.2, 0) is 9.53 Å². The lowest BCUT2D eigenvalue weighted by Gasteiger charge is -2.23. The summed E-state index contributed by atoms with van der Waals surface area (Å²) in [6.07, 6.45) is 4.83. The molecule has 4 heteroatoms. The van der Waals surface area contributed by atoms with Crippen molar-refractivity contribution in [2.75, 3.05) is 19.7 Å². The maximum absolute atomic E-state index is 11.6. The molecule has 0 bridgehead atoms. The predicted octanol–water partition coefficient (Wildman–Crippen LogP) is 0.670. The van der Waals surface area contributed by atoms with E-state index in [1.165, 1.54) is 12.8 Å². The summed E-state index contributed by atoms with van der Waals surface area (Å²) in [6, 6.07) is 0.323. The van der Waals surface area contributed by atoms with Gasteiger partial charge in [0.25, 0.3) is 0 Å². The molecule has 1 aliphatic heterocycles. The van der Waals surface area contributed by atoms with Gasteiger partial charge in [-0.2, -0.15) is 0 Å². The summed E-state index contributed by atoms with van der Waals surface area (Å²) in [5.74, 6) is 0.751. The monoisotopic (exact) mass is 226 g/mol. The van der Waals surface area contributed by atoms with Crippen molar-refractivity contribution >= 4 is 5.91 Å². The molecule has 0 aromatic rings. The lowest BCUT2D eigenvalue weighted by Crippen LogP contribution is -2.39. The third kappa shape index (κ3) is 3.76. The van der Waals surface area contributed by atoms with Crippen LogP contribution in [0.1, 0.15) is 32.6 Å². The number of ether oxygens (including phenoxy) is 1. The molecular weight excluding hydrogens is 204 g/mol. The van der Waals surface area contributed by atoms with Crippen molar-refractivity contribution in [2.24, 2.45) is 5.92 Å². The van der Waals surface area contributed by atoms with E-state index in [9.17, 15) is 4.79 Å². The number of nitrogens with one attached hydrogen (secondary N) is 2. The Morgan fingerprint density at radius 2 is 2.06 bits per heavy atom. The first-order chi connectivity index (χ1) is 7.75. The van der Waals surface area contributed by atoms with Crippen LogP contribution < -0.4 is 10.6 Å². The molecular formula is C12H22N2O2. The van der Waals surface area contributed by atoms with E-state index in [0.717, 1.165) is 25.9 Å². The summed E-state index contributed by atoms with van der Waals surface area (Å²) in [5.41, 5.74) is 0. The Balaban J connectivity index is 1.58. The summed E-state index contributed by atoms with van der Waals surface area (Å²) in [4.78, 5) is 11.6. The molecule has 1 aliphatic carbocycles. The Labute approximate surface area is 97.1 Å². The average Bonchev–Trinajstić information content (AvgIpc) is 3.11. The van der Waals surface area contributed by atoms with Gasteiger partial charge >= 0.3 is 0 Å². The molecule has 0 spiro atoms. The lowest BCUT2D eigenvalue weighted by atomic mass is 10.1. The highest BCUT2D eigenvalue weighted by atomic mass is 16.5. The third-order valence-electron chi connectivity index (χ3n) is 3.45. The van der Waals surface area contributed by atoms with Crippen LogP contribution in [0, 0.1) is 5.92 Å². The second-order valence-corrected chi connectivity index (χ2v) is 4.95. The van der Waals surface area contributed by atoms with E-state index in [-0.39, 0.29) is 18.6 Å². The molecule has 16 heavy (non-hydrogen) atoms. The summed E-state index contributed by atoms with van der Waals surface area (Å²) in [5, 5.41) is 6.28. The Kier molecular flexibility index (Phi) is 4.18. The molecule has 2 N–H and O–H groups in total. The van der Waals surface area contributed by atoms with Crippen LogP contribution in [0.2, 0.25) is 0 Å². The normalized spacial score (nSPS) is 24.1. The molecule has 1 amide bonds. The fraction of sp³-hybridized carbons (Fsp3) is 0.917. The van der Waals surface area contributed by atoms with Crippen molar-refractivity contribution in [1.29, 1.82) is 0 Å². The van der Waals surface area contributed by atoms with Crippen molar-refractivity contribution in [1.82, 2.24) is 10.6 Å². The number of amides is 1. The summed E-state index contributed by atoms with van der Waals surface area (Å²) in [7, 11) is 0. The van der Waals surface area contributed by atoms with E-state index in [0.29, 0.717) is 12.0 Å². The maximum Gasteiger partial charge on any atom is 0.246 e. The van der Waals surface area contributed by atoms with Crippen molar-refractivity contribution in [3.63, 3.8) is 0 Å². The van der Waals surface area contributed by atoms with Crippen molar-refractivity contribution in [3.05, 3.63) is 0 Å². The fourth-order valence-corrected chi connectivity index (χ4v) is 2.17. The van der Waals surface area contributed by atoms with Crippen molar-refractivity contribution < 1.29 is 9.53 Å². The number of rotatable bonds is 5. The lowest BCUT2D eigenvalue weighted by molar-refractivity contribution is -0.129. The Bertz CT molecular complexity index is 235. The van der Waals surface area contributed by atoms with Gasteiger partial charge in [0.1, 0.15) is 6.61 Å². The molecule has 1 unspecified atom stereocenters. The number of carbonyl (C=O) groups excluding carboxylic acids is 1. The van der Waals surface area contributed by atoms with Gasteiger partial charge in [0.05, 0.1) is 6.10 Å². The minimum atomic E-state index is 0.0398. The Hall–Kier alpha value is -0.610. The maximum atomic E-state index is 11.6. The summed E-state index contributed by atoms with van der Waals surface area (Å²) >= 11 is 0. The molecule has 92 valence electrons. The first kappa shape index (κ1) is 11.9. The van der Waals surface area contributed by atoms with Crippen LogP contribution in [0.3, 0.4) is 0 Å². The molecule has 1 saturated carbocycles. The zero-order valence-electron chi connectivity index (χ0n) is 10.00. The topological polar surface area (TPSA) is 50.4 Å². The number of hydrogen-bond acceptors (Lipinski definition) is 3. The first-order valence-electron chi connectivity index (χ1n) is 6.37. The molecule has 0 aromatic carbocycles. The van der Waals surface area contributed by atoms with Gasteiger partial charge in [0.2, 0.25) is 5.91 Å². The standard InChI is InChI=1S/C12H22N2O2/c1-9(10-2-3-10)14-12(15)8-16-11-4-6-13-7-5-11/h9-11,13H,2-8H2,1H3,(H,14,15). The quantitative estimate of drug-likeness (QED) is 0.724. The molecule has 2 fully saturated rings. The molecule has 1 atom stereocenters. The zero-order valence-corrected chi connectivity index (χ0v) is 10.00. The average molecular weight is 226 g/mol. The van der Waals surface area contributed by atoms with Gasteiger partial charge in [0, 0.05) is 6.04 Å². The minimum absolute atomic E-state index is 0.0398. The molecule has 4 nitrogen and oxygen atoms in total. The van der Waals surface area contributed by atoms with Gasteiger partial charge in [-0.15, -0.1) is 0 Å². The highest BCUT2D eigenvalue weighted by molar-refractivity contribution is 5.77. The SMILES string of the molecule is CC(NC(=O)COC1CCNCC1)C1CC1. The molecule has 2 aliphatic rings. The fourth-order valence-electron chi connectivity index (χ4n) is 2.17. The second kappa shape index (κ2) is 5.64. The van der Waals surface area contributed by atoms with E-state index >= 15 is 0 Å². The van der Waals surface area contributed by atoms with Gasteiger partial charge < -0.3 is 15.4 Å². The van der Waals surface area contributed by atoms with Gasteiger partial charge in [-0.3, -0.25) is 4.79 Å². The first-order valence-corrected chi connectivity index (χ1v) is 6.37.